The van der Waals surface area contributed by atoms with E-state index >= 15 is 0 Å². The van der Waals surface area contributed by atoms with E-state index in [0.717, 1.165) is 5.69 Å². The summed E-state index contributed by atoms with van der Waals surface area (Å²) in [5.41, 5.74) is 0.881. The molecule has 3 aromatic heterocycles. The molecule has 7 nitrogen and oxygen atoms in total. The second kappa shape index (κ2) is 4.73. The Kier molecular flexibility index (Phi) is 2.92. The summed E-state index contributed by atoms with van der Waals surface area (Å²) < 4.78 is 6.60. The lowest BCUT2D eigenvalue weighted by atomic mass is 10.4. The van der Waals surface area contributed by atoms with Crippen molar-refractivity contribution in [1.29, 1.82) is 0 Å². The molecule has 0 amide bonds. The largest absolute Gasteiger partial charge is 0.461 e. The van der Waals surface area contributed by atoms with Crippen molar-refractivity contribution in [3.8, 4) is 11.6 Å². The van der Waals surface area contributed by atoms with Gasteiger partial charge in [0.15, 0.2) is 10.9 Å². The molecule has 0 radical (unpaired) electrons. The predicted molar refractivity (Wildman–Crippen MR) is 68.8 cm³/mol. The van der Waals surface area contributed by atoms with Gasteiger partial charge < -0.3 is 10.3 Å². The fourth-order valence-corrected chi connectivity index (χ4v) is 2.21. The van der Waals surface area contributed by atoms with Gasteiger partial charge in [0.25, 0.3) is 0 Å². The van der Waals surface area contributed by atoms with Crippen LogP contribution in [-0.2, 0) is 0 Å². The third-order valence-electron chi connectivity index (χ3n) is 2.36. The van der Waals surface area contributed by atoms with Crippen molar-refractivity contribution >= 4 is 11.8 Å². The molecule has 96 valence electrons. The van der Waals surface area contributed by atoms with Gasteiger partial charge in [-0.15, -0.1) is 10.2 Å². The Bertz CT molecular complexity index is 693. The van der Waals surface area contributed by atoms with E-state index in [1.165, 1.54) is 16.4 Å². The summed E-state index contributed by atoms with van der Waals surface area (Å²) >= 11 is 1.25. The topological polar surface area (TPSA) is 95.7 Å². The van der Waals surface area contributed by atoms with E-state index in [1.54, 1.807) is 24.6 Å². The minimum Gasteiger partial charge on any atom is -0.461 e. The van der Waals surface area contributed by atoms with Crippen LogP contribution in [0.2, 0.25) is 0 Å². The summed E-state index contributed by atoms with van der Waals surface area (Å²) in [5.74, 6) is 6.96. The Morgan fingerprint density at radius 2 is 2.21 bits per heavy atom. The van der Waals surface area contributed by atoms with Crippen LogP contribution >= 0.6 is 11.8 Å². The molecule has 0 saturated heterocycles. The third-order valence-corrected chi connectivity index (χ3v) is 3.20. The van der Waals surface area contributed by atoms with E-state index in [1.807, 2.05) is 13.0 Å². The molecule has 0 aliphatic rings. The first-order chi connectivity index (χ1) is 9.24. The monoisotopic (exact) mass is 274 g/mol. The Morgan fingerprint density at radius 3 is 2.95 bits per heavy atom. The van der Waals surface area contributed by atoms with Crippen molar-refractivity contribution in [3.63, 3.8) is 0 Å². The minimum absolute atomic E-state index is 0.458. The van der Waals surface area contributed by atoms with Gasteiger partial charge in [-0.2, -0.15) is 0 Å². The van der Waals surface area contributed by atoms with Crippen LogP contribution in [0.15, 0.2) is 45.4 Å². The van der Waals surface area contributed by atoms with Crippen LogP contribution in [0, 0.1) is 6.92 Å². The molecule has 3 heterocycles. The van der Waals surface area contributed by atoms with Crippen molar-refractivity contribution in [3.05, 3.63) is 36.4 Å². The van der Waals surface area contributed by atoms with E-state index in [-0.39, 0.29) is 0 Å². The smallest absolute Gasteiger partial charge is 0.218 e. The number of rotatable bonds is 3. The maximum absolute atomic E-state index is 5.94. The first-order valence-corrected chi connectivity index (χ1v) is 6.27. The molecule has 0 atom stereocenters. The molecule has 19 heavy (non-hydrogen) atoms. The number of nitrogens with two attached hydrogens (primary N) is 1. The van der Waals surface area contributed by atoms with Gasteiger partial charge in [0, 0.05) is 11.9 Å². The van der Waals surface area contributed by atoms with Gasteiger partial charge >= 0.3 is 0 Å². The molecule has 0 aliphatic carbocycles. The van der Waals surface area contributed by atoms with E-state index in [0.29, 0.717) is 21.9 Å². The molecule has 2 N–H and O–H groups in total. The molecule has 0 saturated carbocycles. The number of nitrogens with zero attached hydrogens (tertiary/aromatic N) is 5. The molecule has 0 bridgehead atoms. The lowest BCUT2D eigenvalue weighted by Crippen LogP contribution is -2.11. The maximum atomic E-state index is 5.94. The van der Waals surface area contributed by atoms with Crippen LogP contribution in [0.4, 0.5) is 0 Å². The Morgan fingerprint density at radius 1 is 1.32 bits per heavy atom. The van der Waals surface area contributed by atoms with Crippen LogP contribution in [0.25, 0.3) is 11.6 Å². The number of aryl methyl sites for hydroxylation is 1. The molecule has 0 aromatic carbocycles. The summed E-state index contributed by atoms with van der Waals surface area (Å²) in [6.07, 6.45) is 3.25. The fourth-order valence-electron chi connectivity index (χ4n) is 1.48. The molecule has 3 rings (SSSR count). The molecule has 0 unspecified atom stereocenters. The van der Waals surface area contributed by atoms with E-state index in [4.69, 9.17) is 10.3 Å². The van der Waals surface area contributed by atoms with E-state index in [9.17, 15) is 0 Å². The first kappa shape index (κ1) is 11.7. The standard InChI is InChI=1S/C11H10N6OS/c1-7-4-5-13-10(14-7)19-11-16-15-9(17(11)12)8-3-2-6-18-8/h2-6H,12H2,1H3. The minimum atomic E-state index is 0.458. The second-order valence-corrected chi connectivity index (χ2v) is 4.67. The van der Waals surface area contributed by atoms with Gasteiger partial charge in [-0.1, -0.05) is 0 Å². The van der Waals surface area contributed by atoms with Gasteiger partial charge in [-0.05, 0) is 36.9 Å². The number of nitrogen functional groups attached to an aromatic ring is 1. The Hall–Kier alpha value is -2.35. The number of hydrogen-bond donors (Lipinski definition) is 1. The second-order valence-electron chi connectivity index (χ2n) is 3.74. The SMILES string of the molecule is Cc1ccnc(Sc2nnc(-c3ccco3)n2N)n1. The van der Waals surface area contributed by atoms with Gasteiger partial charge in [-0.3, -0.25) is 0 Å². The third kappa shape index (κ3) is 2.29. The highest BCUT2D eigenvalue weighted by molar-refractivity contribution is 7.99. The lowest BCUT2D eigenvalue weighted by Gasteiger charge is -2.01. The zero-order chi connectivity index (χ0) is 13.2. The molecular weight excluding hydrogens is 264 g/mol. The van der Waals surface area contributed by atoms with Crippen LogP contribution in [0.3, 0.4) is 0 Å². The Labute approximate surface area is 112 Å². The number of aromatic nitrogens is 5. The van der Waals surface area contributed by atoms with Gasteiger partial charge in [0.2, 0.25) is 11.0 Å². The van der Waals surface area contributed by atoms with Crippen molar-refractivity contribution in [2.24, 2.45) is 0 Å². The highest BCUT2D eigenvalue weighted by Gasteiger charge is 2.15. The van der Waals surface area contributed by atoms with Crippen LogP contribution in [0.5, 0.6) is 0 Å². The normalized spacial score (nSPS) is 10.8. The molecular formula is C11H10N6OS. The predicted octanol–water partition coefficient (Wildman–Crippen LogP) is 1.50. The van der Waals surface area contributed by atoms with Gasteiger partial charge in [-0.25, -0.2) is 14.6 Å². The van der Waals surface area contributed by atoms with Crippen LogP contribution < -0.4 is 5.84 Å². The van der Waals surface area contributed by atoms with Crippen molar-refractivity contribution in [2.75, 3.05) is 5.84 Å². The average molecular weight is 274 g/mol. The van der Waals surface area contributed by atoms with Crippen molar-refractivity contribution in [2.45, 2.75) is 17.2 Å². The summed E-state index contributed by atoms with van der Waals surface area (Å²) in [5, 5.41) is 9.07. The molecule has 0 fully saturated rings. The number of hydrogen-bond acceptors (Lipinski definition) is 7. The van der Waals surface area contributed by atoms with E-state index in [2.05, 4.69) is 20.2 Å². The lowest BCUT2D eigenvalue weighted by molar-refractivity contribution is 0.574. The quantitative estimate of drug-likeness (QED) is 0.571. The summed E-state index contributed by atoms with van der Waals surface area (Å²) in [6, 6.07) is 5.36. The van der Waals surface area contributed by atoms with Crippen LogP contribution in [-0.4, -0.2) is 24.8 Å². The summed E-state index contributed by atoms with van der Waals surface area (Å²) in [4.78, 5) is 8.41. The Balaban J connectivity index is 1.91. The molecule has 0 spiro atoms. The van der Waals surface area contributed by atoms with Crippen LogP contribution in [0.1, 0.15) is 5.69 Å². The van der Waals surface area contributed by atoms with Gasteiger partial charge in [0.05, 0.1) is 6.26 Å². The molecule has 8 heteroatoms. The highest BCUT2D eigenvalue weighted by atomic mass is 32.2. The van der Waals surface area contributed by atoms with Crippen molar-refractivity contribution in [1.82, 2.24) is 24.8 Å². The molecule has 0 aliphatic heterocycles. The average Bonchev–Trinajstić information content (AvgIpc) is 3.01. The summed E-state index contributed by atoms with van der Waals surface area (Å²) in [6.45, 7) is 1.90. The first-order valence-electron chi connectivity index (χ1n) is 5.46. The zero-order valence-electron chi connectivity index (χ0n) is 10.0. The summed E-state index contributed by atoms with van der Waals surface area (Å²) in [7, 11) is 0. The van der Waals surface area contributed by atoms with Crippen molar-refractivity contribution < 1.29 is 4.42 Å². The maximum Gasteiger partial charge on any atom is 0.218 e. The van der Waals surface area contributed by atoms with Gasteiger partial charge in [0.1, 0.15) is 0 Å². The number of furan rings is 1. The zero-order valence-corrected chi connectivity index (χ0v) is 10.8. The highest BCUT2D eigenvalue weighted by Crippen LogP contribution is 2.25. The fraction of sp³-hybridized carbons (Fsp3) is 0.0909. The molecule has 3 aromatic rings. The van der Waals surface area contributed by atoms with E-state index < -0.39 is 0 Å².